The van der Waals surface area contributed by atoms with Crippen molar-refractivity contribution in [3.05, 3.63) is 63.9 Å². The second-order valence-corrected chi connectivity index (χ2v) is 6.30. The van der Waals surface area contributed by atoms with Gasteiger partial charge in [0.1, 0.15) is 5.82 Å². The molecule has 2 rings (SSSR count). The minimum absolute atomic E-state index is 0.0175. The number of halogens is 9. The van der Waals surface area contributed by atoms with Crippen LogP contribution >= 0.6 is 23.2 Å². The molecular weight excluding hydrogens is 440 g/mol. The Morgan fingerprint density at radius 2 is 1.39 bits per heavy atom. The first-order valence-electron chi connectivity index (χ1n) is 7.21. The molecule has 0 unspecified atom stereocenters. The molecular formula is C16H9Cl2F7N2O. The lowest BCUT2D eigenvalue weighted by Crippen LogP contribution is -2.72. The molecule has 0 aromatic heterocycles. The molecule has 0 aliphatic rings. The highest BCUT2D eigenvalue weighted by atomic mass is 35.5. The van der Waals surface area contributed by atoms with E-state index in [2.05, 4.69) is 0 Å². The zero-order chi connectivity index (χ0) is 21.3. The molecule has 2 N–H and O–H groups in total. The van der Waals surface area contributed by atoms with Gasteiger partial charge in [-0.3, -0.25) is 4.79 Å². The van der Waals surface area contributed by atoms with E-state index in [0.717, 1.165) is 23.5 Å². The monoisotopic (exact) mass is 448 g/mol. The molecule has 0 bridgehead atoms. The van der Waals surface area contributed by atoms with Crippen molar-refractivity contribution in [2.24, 2.45) is 0 Å². The van der Waals surface area contributed by atoms with Gasteiger partial charge in [-0.2, -0.15) is 26.3 Å². The number of hydrogen-bond acceptors (Lipinski definition) is 2. The van der Waals surface area contributed by atoms with Crippen LogP contribution in [0.5, 0.6) is 0 Å². The number of alkyl halides is 6. The summed E-state index contributed by atoms with van der Waals surface area (Å²) in [5.74, 6) is -2.64. The molecule has 0 atom stereocenters. The Morgan fingerprint density at radius 1 is 0.857 bits per heavy atom. The molecule has 0 saturated heterocycles. The maximum atomic E-state index is 13.6. The summed E-state index contributed by atoms with van der Waals surface area (Å²) in [4.78, 5) is 12.2. The number of anilines is 1. The Hall–Kier alpha value is -2.20. The lowest BCUT2D eigenvalue weighted by atomic mass is 10.1. The van der Waals surface area contributed by atoms with Gasteiger partial charge in [0.2, 0.25) is 0 Å². The summed E-state index contributed by atoms with van der Waals surface area (Å²) in [6.07, 6.45) is -12.1. The van der Waals surface area contributed by atoms with Crippen molar-refractivity contribution >= 4 is 34.8 Å². The Morgan fingerprint density at radius 3 is 1.86 bits per heavy atom. The van der Waals surface area contributed by atoms with E-state index in [1.165, 1.54) is 5.32 Å². The van der Waals surface area contributed by atoms with Gasteiger partial charge in [0, 0.05) is 10.7 Å². The van der Waals surface area contributed by atoms with E-state index in [4.69, 9.17) is 23.2 Å². The van der Waals surface area contributed by atoms with Crippen molar-refractivity contribution in [3.8, 4) is 0 Å². The summed E-state index contributed by atoms with van der Waals surface area (Å²) in [7, 11) is 0. The third-order valence-electron chi connectivity index (χ3n) is 3.50. The molecule has 152 valence electrons. The summed E-state index contributed by atoms with van der Waals surface area (Å²) in [5, 5.41) is 1.71. The van der Waals surface area contributed by atoms with Crippen LogP contribution in [0.25, 0.3) is 0 Å². The lowest BCUT2D eigenvalue weighted by molar-refractivity contribution is -0.294. The molecule has 2 aromatic carbocycles. The summed E-state index contributed by atoms with van der Waals surface area (Å²) < 4.78 is 94.2. The maximum Gasteiger partial charge on any atom is 0.439 e. The first kappa shape index (κ1) is 22.1. The Kier molecular flexibility index (Phi) is 6.05. The van der Waals surface area contributed by atoms with Gasteiger partial charge < -0.3 is 10.6 Å². The average molecular weight is 449 g/mol. The number of carbonyl (C=O) groups is 1. The van der Waals surface area contributed by atoms with E-state index < -0.39 is 46.0 Å². The first-order valence-corrected chi connectivity index (χ1v) is 7.97. The number of carbonyl (C=O) groups excluding carboxylic acids is 1. The van der Waals surface area contributed by atoms with E-state index in [1.807, 2.05) is 0 Å². The zero-order valence-corrected chi connectivity index (χ0v) is 14.9. The van der Waals surface area contributed by atoms with E-state index in [1.54, 1.807) is 0 Å². The second kappa shape index (κ2) is 7.67. The van der Waals surface area contributed by atoms with Crippen LogP contribution in [0.2, 0.25) is 10.0 Å². The van der Waals surface area contributed by atoms with Gasteiger partial charge in [-0.05, 0) is 42.5 Å². The van der Waals surface area contributed by atoms with Crippen LogP contribution in [0.1, 0.15) is 10.4 Å². The van der Waals surface area contributed by atoms with E-state index in [-0.39, 0.29) is 5.02 Å². The Bertz CT molecular complexity index is 853. The van der Waals surface area contributed by atoms with Crippen LogP contribution in [-0.2, 0) is 0 Å². The van der Waals surface area contributed by atoms with Gasteiger partial charge in [0.25, 0.3) is 5.91 Å². The average Bonchev–Trinajstić information content (AvgIpc) is 2.53. The number of hydrogen-bond donors (Lipinski definition) is 2. The summed E-state index contributed by atoms with van der Waals surface area (Å²) in [6.45, 7) is 0. The summed E-state index contributed by atoms with van der Waals surface area (Å²) in [5.41, 5.74) is -6.28. The van der Waals surface area contributed by atoms with Crippen molar-refractivity contribution in [3.63, 3.8) is 0 Å². The molecule has 0 radical (unpaired) electrons. The fraction of sp³-hybridized carbons (Fsp3) is 0.188. The van der Waals surface area contributed by atoms with Crippen LogP contribution in [0.3, 0.4) is 0 Å². The van der Waals surface area contributed by atoms with Gasteiger partial charge in [-0.1, -0.05) is 23.2 Å². The third kappa shape index (κ3) is 4.44. The van der Waals surface area contributed by atoms with Crippen LogP contribution in [0, 0.1) is 5.82 Å². The van der Waals surface area contributed by atoms with Crippen LogP contribution in [0.15, 0.2) is 42.5 Å². The molecule has 2 aromatic rings. The quantitative estimate of drug-likeness (QED) is 0.458. The minimum Gasteiger partial charge on any atom is -0.348 e. The van der Waals surface area contributed by atoms with Gasteiger partial charge in [-0.15, -0.1) is 0 Å². The normalized spacial score (nSPS) is 12.6. The minimum atomic E-state index is -6.03. The SMILES string of the molecule is O=C(NC(Nc1ccc(F)cc1)(C(F)(F)F)C(F)(F)F)c1ccc(Cl)cc1Cl. The molecule has 28 heavy (non-hydrogen) atoms. The highest BCUT2D eigenvalue weighted by molar-refractivity contribution is 6.36. The van der Waals surface area contributed by atoms with Gasteiger partial charge in [0.05, 0.1) is 10.6 Å². The Balaban J connectivity index is 2.53. The Labute approximate surface area is 163 Å². The number of amides is 1. The molecule has 12 heteroatoms. The largest absolute Gasteiger partial charge is 0.439 e. The zero-order valence-electron chi connectivity index (χ0n) is 13.4. The molecule has 3 nitrogen and oxygen atoms in total. The predicted molar refractivity (Wildman–Crippen MR) is 88.8 cm³/mol. The van der Waals surface area contributed by atoms with E-state index in [0.29, 0.717) is 24.3 Å². The molecule has 0 heterocycles. The highest BCUT2D eigenvalue weighted by Gasteiger charge is 2.72. The molecule has 1 amide bonds. The van der Waals surface area contributed by atoms with Crippen LogP contribution in [0.4, 0.5) is 36.4 Å². The molecule has 0 spiro atoms. The molecule has 0 aliphatic carbocycles. The van der Waals surface area contributed by atoms with Crippen LogP contribution in [-0.4, -0.2) is 23.9 Å². The number of rotatable bonds is 4. The molecule has 0 saturated carbocycles. The van der Waals surface area contributed by atoms with Gasteiger partial charge in [-0.25, -0.2) is 4.39 Å². The number of nitrogens with one attached hydrogen (secondary N) is 2. The summed E-state index contributed by atoms with van der Waals surface area (Å²) in [6, 6.07) is 5.53. The fourth-order valence-electron chi connectivity index (χ4n) is 2.14. The standard InChI is InChI=1S/C16H9Cl2F7N2O/c17-8-1-6-11(12(18)7-8)13(28)27-14(15(20,21)22,16(23,24)25)26-10-4-2-9(19)3-5-10/h1-7,26H,(H,27,28). The van der Waals surface area contributed by atoms with E-state index in [9.17, 15) is 35.5 Å². The van der Waals surface area contributed by atoms with Crippen molar-refractivity contribution in [1.82, 2.24) is 5.32 Å². The van der Waals surface area contributed by atoms with E-state index >= 15 is 0 Å². The van der Waals surface area contributed by atoms with Crippen molar-refractivity contribution < 1.29 is 35.5 Å². The summed E-state index contributed by atoms with van der Waals surface area (Å²) >= 11 is 11.3. The maximum absolute atomic E-state index is 13.6. The third-order valence-corrected chi connectivity index (χ3v) is 4.05. The molecule has 0 fully saturated rings. The van der Waals surface area contributed by atoms with Crippen LogP contribution < -0.4 is 10.6 Å². The van der Waals surface area contributed by atoms with Crippen molar-refractivity contribution in [1.29, 1.82) is 0 Å². The smallest absolute Gasteiger partial charge is 0.348 e. The number of benzene rings is 2. The predicted octanol–water partition coefficient (Wildman–Crippen LogP) is 5.80. The fourth-order valence-corrected chi connectivity index (χ4v) is 2.63. The second-order valence-electron chi connectivity index (χ2n) is 5.46. The highest BCUT2D eigenvalue weighted by Crippen LogP contribution is 2.44. The van der Waals surface area contributed by atoms with Gasteiger partial charge >= 0.3 is 18.0 Å². The van der Waals surface area contributed by atoms with Crippen molar-refractivity contribution in [2.75, 3.05) is 5.32 Å². The first-order chi connectivity index (χ1) is 12.8. The lowest BCUT2D eigenvalue weighted by Gasteiger charge is -2.39. The topological polar surface area (TPSA) is 41.1 Å². The van der Waals surface area contributed by atoms with Gasteiger partial charge in [0.15, 0.2) is 0 Å². The van der Waals surface area contributed by atoms with Crippen molar-refractivity contribution in [2.45, 2.75) is 18.0 Å². The molecule has 0 aliphatic heterocycles.